The van der Waals surface area contributed by atoms with E-state index in [9.17, 15) is 23.1 Å². The van der Waals surface area contributed by atoms with Gasteiger partial charge in [0.1, 0.15) is 23.2 Å². The second-order valence-corrected chi connectivity index (χ2v) is 11.2. The Morgan fingerprint density at radius 2 is 1.79 bits per heavy atom. The predicted molar refractivity (Wildman–Crippen MR) is 150 cm³/mol. The lowest BCUT2D eigenvalue weighted by atomic mass is 10.0. The molecular formula is C29H31N3O6S. The third-order valence-corrected chi connectivity index (χ3v) is 8.10. The minimum Gasteiger partial charge on any atom is -0.480 e. The molecule has 39 heavy (non-hydrogen) atoms. The van der Waals surface area contributed by atoms with Gasteiger partial charge in [0.15, 0.2) is 5.43 Å². The fourth-order valence-corrected chi connectivity index (χ4v) is 6.34. The zero-order chi connectivity index (χ0) is 28.2. The summed E-state index contributed by atoms with van der Waals surface area (Å²) in [4.78, 5) is 29.1. The van der Waals surface area contributed by atoms with Gasteiger partial charge < -0.3 is 14.8 Å². The van der Waals surface area contributed by atoms with Crippen molar-refractivity contribution in [1.29, 1.82) is 0 Å². The molecule has 1 atom stereocenters. The number of carboxylic acid groups (broad SMARTS) is 1. The van der Waals surface area contributed by atoms with Crippen LogP contribution in [0.5, 0.6) is 0 Å². The number of nitrogens with one attached hydrogen (secondary N) is 2. The fourth-order valence-electron chi connectivity index (χ4n) is 4.70. The van der Waals surface area contributed by atoms with E-state index in [1.54, 1.807) is 50.4 Å². The van der Waals surface area contributed by atoms with E-state index in [4.69, 9.17) is 4.42 Å². The molecule has 4 rings (SSSR count). The van der Waals surface area contributed by atoms with E-state index in [0.29, 0.717) is 46.4 Å². The molecule has 0 unspecified atom stereocenters. The van der Waals surface area contributed by atoms with E-state index in [1.807, 2.05) is 25.1 Å². The first-order valence-corrected chi connectivity index (χ1v) is 14.1. The Morgan fingerprint density at radius 1 is 1.05 bits per heavy atom. The summed E-state index contributed by atoms with van der Waals surface area (Å²) in [6.07, 6.45) is 2.84. The van der Waals surface area contributed by atoms with Crippen molar-refractivity contribution in [1.82, 2.24) is 9.71 Å². The first-order valence-electron chi connectivity index (χ1n) is 12.6. The van der Waals surface area contributed by atoms with Gasteiger partial charge in [0.25, 0.3) is 0 Å². The third kappa shape index (κ3) is 6.90. The molecule has 3 N–H and O–H groups in total. The summed E-state index contributed by atoms with van der Waals surface area (Å²) in [5.41, 5.74) is 2.63. The number of fused-ring (bicyclic) bond motifs is 1. The largest absolute Gasteiger partial charge is 0.480 e. The molecule has 0 fully saturated rings. The Kier molecular flexibility index (Phi) is 8.47. The van der Waals surface area contributed by atoms with Gasteiger partial charge in [0.2, 0.25) is 10.0 Å². The number of hydrogen-bond donors (Lipinski definition) is 3. The van der Waals surface area contributed by atoms with Crippen molar-refractivity contribution in [2.24, 2.45) is 0 Å². The molecule has 0 bridgehead atoms. The van der Waals surface area contributed by atoms with E-state index in [0.717, 1.165) is 17.8 Å². The lowest BCUT2D eigenvalue weighted by Gasteiger charge is -2.18. The van der Waals surface area contributed by atoms with Crippen LogP contribution in [0.25, 0.3) is 11.0 Å². The van der Waals surface area contributed by atoms with E-state index in [1.165, 1.54) is 6.07 Å². The number of nitrogens with zero attached hydrogens (tertiary/aromatic N) is 1. The average Bonchev–Trinajstić information content (AvgIpc) is 2.86. The van der Waals surface area contributed by atoms with E-state index >= 15 is 0 Å². The predicted octanol–water partition coefficient (Wildman–Crippen LogP) is 4.13. The van der Waals surface area contributed by atoms with Crippen LogP contribution in [0, 0.1) is 20.8 Å². The normalized spacial score (nSPS) is 12.4. The molecule has 0 radical (unpaired) electrons. The summed E-state index contributed by atoms with van der Waals surface area (Å²) < 4.78 is 34.5. The van der Waals surface area contributed by atoms with Crippen molar-refractivity contribution >= 4 is 32.8 Å². The summed E-state index contributed by atoms with van der Waals surface area (Å²) in [6.45, 7) is 5.88. The first-order chi connectivity index (χ1) is 18.5. The summed E-state index contributed by atoms with van der Waals surface area (Å²) >= 11 is 0. The van der Waals surface area contributed by atoms with Crippen molar-refractivity contribution < 1.29 is 22.7 Å². The Hall–Kier alpha value is -4.02. The standard InChI is InChI=1S/C29H31N3O6S/c1-18-13-19(2)28(20(3)14-18)39(36,37)32-24(29(34)35)16-21-9-10-26-23(15-21)25(33)17-22(38-26)7-6-12-31-27-8-4-5-11-30-27/h4-5,8-11,13-15,17,24,32H,6-7,12,16H2,1-3H3,(H,30,31)(H,34,35)/t24-/m0/s1. The van der Waals surface area contributed by atoms with Crippen molar-refractivity contribution in [3.63, 3.8) is 0 Å². The minimum absolute atomic E-state index is 0.0706. The van der Waals surface area contributed by atoms with Crippen LogP contribution < -0.4 is 15.5 Å². The minimum atomic E-state index is -4.11. The molecule has 0 aliphatic carbocycles. The van der Waals surface area contributed by atoms with Crippen LogP contribution >= 0.6 is 0 Å². The van der Waals surface area contributed by atoms with Gasteiger partial charge in [-0.2, -0.15) is 4.72 Å². The maximum atomic E-state index is 13.1. The summed E-state index contributed by atoms with van der Waals surface area (Å²) in [5, 5.41) is 13.3. The average molecular weight is 550 g/mol. The molecule has 2 aromatic heterocycles. The molecule has 9 nitrogen and oxygen atoms in total. The molecule has 2 heterocycles. The highest BCUT2D eigenvalue weighted by molar-refractivity contribution is 7.89. The van der Waals surface area contributed by atoms with Gasteiger partial charge in [0.05, 0.1) is 10.3 Å². The van der Waals surface area contributed by atoms with E-state index in [-0.39, 0.29) is 16.7 Å². The van der Waals surface area contributed by atoms with Crippen LogP contribution in [0.1, 0.15) is 34.4 Å². The summed E-state index contributed by atoms with van der Waals surface area (Å²) in [6, 6.07) is 13.9. The topological polar surface area (TPSA) is 139 Å². The van der Waals surface area contributed by atoms with Gasteiger partial charge in [-0.25, -0.2) is 13.4 Å². The number of anilines is 1. The lowest BCUT2D eigenvalue weighted by molar-refractivity contribution is -0.138. The number of carboxylic acids is 1. The van der Waals surface area contributed by atoms with Crippen molar-refractivity contribution in [3.05, 3.63) is 99.0 Å². The summed E-state index contributed by atoms with van der Waals surface area (Å²) in [5.74, 6) is 0.00180. The van der Waals surface area contributed by atoms with E-state index in [2.05, 4.69) is 15.0 Å². The first kappa shape index (κ1) is 28.0. The van der Waals surface area contributed by atoms with Crippen molar-refractivity contribution in [2.45, 2.75) is 51.0 Å². The molecular weight excluding hydrogens is 518 g/mol. The number of rotatable bonds is 11. The Bertz CT molecular complexity index is 1640. The lowest BCUT2D eigenvalue weighted by Crippen LogP contribution is -2.42. The van der Waals surface area contributed by atoms with Gasteiger partial charge in [0, 0.05) is 25.2 Å². The number of aromatic nitrogens is 1. The Labute approximate surface area is 227 Å². The van der Waals surface area contributed by atoms with Crippen LogP contribution in [0.2, 0.25) is 0 Å². The van der Waals surface area contributed by atoms with Crippen LogP contribution in [-0.2, 0) is 27.7 Å². The van der Waals surface area contributed by atoms with Crippen LogP contribution in [-0.4, -0.2) is 37.1 Å². The zero-order valence-electron chi connectivity index (χ0n) is 22.0. The quantitative estimate of drug-likeness (QED) is 0.237. The Morgan fingerprint density at radius 3 is 2.46 bits per heavy atom. The molecule has 2 aromatic carbocycles. The number of aliphatic carboxylic acids is 1. The zero-order valence-corrected chi connectivity index (χ0v) is 22.8. The maximum Gasteiger partial charge on any atom is 0.322 e. The molecule has 0 aliphatic heterocycles. The number of aryl methyl sites for hydroxylation is 4. The second kappa shape index (κ2) is 11.8. The molecule has 10 heteroatoms. The van der Waals surface area contributed by atoms with Crippen molar-refractivity contribution in [3.8, 4) is 0 Å². The van der Waals surface area contributed by atoms with Gasteiger partial charge in [-0.3, -0.25) is 9.59 Å². The monoisotopic (exact) mass is 549 g/mol. The Balaban J connectivity index is 1.48. The number of sulfonamides is 1. The number of hydrogen-bond acceptors (Lipinski definition) is 7. The smallest absolute Gasteiger partial charge is 0.322 e. The SMILES string of the molecule is Cc1cc(C)c(S(=O)(=O)N[C@@H](Cc2ccc3oc(CCCNc4ccccn4)cc(=O)c3c2)C(=O)O)c(C)c1. The van der Waals surface area contributed by atoms with E-state index < -0.39 is 22.0 Å². The molecule has 0 saturated carbocycles. The summed E-state index contributed by atoms with van der Waals surface area (Å²) in [7, 11) is -4.11. The van der Waals surface area contributed by atoms with Gasteiger partial charge in [-0.1, -0.05) is 29.8 Å². The highest BCUT2D eigenvalue weighted by atomic mass is 32.2. The third-order valence-electron chi connectivity index (χ3n) is 6.32. The maximum absolute atomic E-state index is 13.1. The van der Waals surface area contributed by atoms with Gasteiger partial charge in [-0.05, 0) is 74.6 Å². The molecule has 0 aliphatic rings. The molecule has 0 amide bonds. The molecule has 204 valence electrons. The number of benzene rings is 2. The van der Waals surface area contributed by atoms with Gasteiger partial charge >= 0.3 is 5.97 Å². The molecule has 4 aromatic rings. The van der Waals surface area contributed by atoms with Gasteiger partial charge in [-0.15, -0.1) is 0 Å². The number of carbonyl (C=O) groups is 1. The van der Waals surface area contributed by atoms with Crippen LogP contribution in [0.4, 0.5) is 5.82 Å². The molecule has 0 saturated heterocycles. The number of pyridine rings is 1. The fraction of sp³-hybridized carbons (Fsp3) is 0.276. The highest BCUT2D eigenvalue weighted by Gasteiger charge is 2.28. The van der Waals surface area contributed by atoms with Crippen LogP contribution in [0.3, 0.4) is 0 Å². The van der Waals surface area contributed by atoms with Crippen LogP contribution in [0.15, 0.2) is 74.9 Å². The van der Waals surface area contributed by atoms with Crippen molar-refractivity contribution in [2.75, 3.05) is 11.9 Å². The second-order valence-electron chi connectivity index (χ2n) is 9.60. The molecule has 0 spiro atoms. The highest BCUT2D eigenvalue weighted by Crippen LogP contribution is 2.23.